The second-order valence-corrected chi connectivity index (χ2v) is 6.14. The van der Waals surface area contributed by atoms with Crippen molar-refractivity contribution in [1.82, 2.24) is 0 Å². The summed E-state index contributed by atoms with van der Waals surface area (Å²) in [5, 5.41) is 12.5. The summed E-state index contributed by atoms with van der Waals surface area (Å²) in [5.74, 6) is -0.492. The smallest absolute Gasteiger partial charge is 0.333 e. The fourth-order valence-electron chi connectivity index (χ4n) is 1.68. The molecule has 0 amide bonds. The maximum absolute atomic E-state index is 11.2. The first-order chi connectivity index (χ1) is 10.1. The molecule has 0 spiro atoms. The molecule has 0 aliphatic rings. The lowest BCUT2D eigenvalue weighted by Crippen LogP contribution is -2.14. The molecule has 0 saturated heterocycles. The topological polar surface area (TPSA) is 113 Å². The molecule has 0 fully saturated rings. The molecule has 1 rings (SSSR count). The van der Waals surface area contributed by atoms with Crippen LogP contribution in [-0.4, -0.2) is 37.2 Å². The second-order valence-electron chi connectivity index (χ2n) is 4.75. The fourth-order valence-corrected chi connectivity index (χ4v) is 2.45. The van der Waals surface area contributed by atoms with Crippen molar-refractivity contribution >= 4 is 21.8 Å². The largest absolute Gasteiger partial charge is 0.460 e. The predicted molar refractivity (Wildman–Crippen MR) is 81.2 cm³/mol. The summed E-state index contributed by atoms with van der Waals surface area (Å²) in [4.78, 5) is 10.8. The Labute approximate surface area is 129 Å². The van der Waals surface area contributed by atoms with Crippen LogP contribution in [0.3, 0.4) is 0 Å². The number of ether oxygens (including phenoxy) is 1. The van der Waals surface area contributed by atoms with Gasteiger partial charge in [0.1, 0.15) is 6.61 Å². The van der Waals surface area contributed by atoms with E-state index >= 15 is 0 Å². The van der Waals surface area contributed by atoms with E-state index < -0.39 is 22.2 Å². The number of aliphatic hydroxyl groups is 1. The van der Waals surface area contributed by atoms with Crippen molar-refractivity contribution in [3.63, 3.8) is 0 Å². The van der Waals surface area contributed by atoms with Gasteiger partial charge in [0.2, 0.25) is 0 Å². The second kappa shape index (κ2) is 7.39. The number of esters is 1. The van der Waals surface area contributed by atoms with E-state index in [1.165, 1.54) is 25.1 Å². The van der Waals surface area contributed by atoms with Gasteiger partial charge < -0.3 is 15.2 Å². The van der Waals surface area contributed by atoms with Crippen molar-refractivity contribution in [3.05, 3.63) is 35.9 Å². The Bertz CT molecular complexity index is 666. The minimum atomic E-state index is -4.41. The van der Waals surface area contributed by atoms with Crippen LogP contribution in [0.25, 0.3) is 0 Å². The number of carbonyl (C=O) groups excluding carboxylic acids is 1. The van der Waals surface area contributed by atoms with Gasteiger partial charge in [-0.2, -0.15) is 8.42 Å². The quantitative estimate of drug-likeness (QED) is 0.301. The molecule has 22 heavy (non-hydrogen) atoms. The lowest BCUT2D eigenvalue weighted by Gasteiger charge is -2.13. The molecule has 0 radical (unpaired) electrons. The summed E-state index contributed by atoms with van der Waals surface area (Å²) in [6.45, 7) is 6.79. The molecule has 0 aromatic heterocycles. The Kier molecular flexibility index (Phi) is 6.10. The van der Waals surface area contributed by atoms with Crippen LogP contribution in [0, 0.1) is 0 Å². The van der Waals surface area contributed by atoms with Gasteiger partial charge in [-0.15, -0.1) is 0 Å². The van der Waals surface area contributed by atoms with Crippen molar-refractivity contribution in [3.8, 4) is 0 Å². The van der Waals surface area contributed by atoms with E-state index in [9.17, 15) is 18.3 Å². The van der Waals surface area contributed by atoms with Crippen molar-refractivity contribution in [2.75, 3.05) is 18.5 Å². The van der Waals surface area contributed by atoms with E-state index in [4.69, 9.17) is 9.29 Å². The lowest BCUT2D eigenvalue weighted by atomic mass is 10.1. The van der Waals surface area contributed by atoms with E-state index in [2.05, 4.69) is 11.9 Å². The molecular formula is C14H19NO6S. The van der Waals surface area contributed by atoms with Crippen LogP contribution in [0.15, 0.2) is 35.2 Å². The average Bonchev–Trinajstić information content (AvgIpc) is 2.41. The van der Waals surface area contributed by atoms with Gasteiger partial charge in [0.25, 0.3) is 10.1 Å². The number of rotatable bonds is 7. The number of benzene rings is 1. The first-order valence-electron chi connectivity index (χ1n) is 6.49. The molecule has 0 aliphatic heterocycles. The molecule has 122 valence electrons. The maximum Gasteiger partial charge on any atom is 0.333 e. The lowest BCUT2D eigenvalue weighted by molar-refractivity contribution is -0.138. The Balaban J connectivity index is 2.76. The molecule has 3 N–H and O–H groups in total. The third kappa shape index (κ3) is 5.14. The first-order valence-corrected chi connectivity index (χ1v) is 7.93. The van der Waals surface area contributed by atoms with Crippen molar-refractivity contribution in [2.45, 2.75) is 24.8 Å². The fraction of sp³-hybridized carbons (Fsp3) is 0.357. The summed E-state index contributed by atoms with van der Waals surface area (Å²) in [6, 6.07) is 4.05. The normalized spacial score (nSPS) is 12.5. The summed E-state index contributed by atoms with van der Waals surface area (Å²) in [7, 11) is -4.41. The van der Waals surface area contributed by atoms with Crippen LogP contribution in [0.1, 0.15) is 25.5 Å². The third-order valence-electron chi connectivity index (χ3n) is 2.75. The van der Waals surface area contributed by atoms with Crippen molar-refractivity contribution in [1.29, 1.82) is 0 Å². The Morgan fingerprint density at radius 3 is 2.59 bits per heavy atom. The van der Waals surface area contributed by atoms with Gasteiger partial charge in [-0.1, -0.05) is 6.58 Å². The van der Waals surface area contributed by atoms with Crippen molar-refractivity contribution < 1.29 is 27.6 Å². The number of anilines is 1. The van der Waals surface area contributed by atoms with Gasteiger partial charge in [-0.05, 0) is 32.0 Å². The highest BCUT2D eigenvalue weighted by molar-refractivity contribution is 7.85. The van der Waals surface area contributed by atoms with Crippen LogP contribution >= 0.6 is 0 Å². The van der Waals surface area contributed by atoms with Gasteiger partial charge in [0.15, 0.2) is 0 Å². The van der Waals surface area contributed by atoms with E-state index in [0.717, 1.165) is 0 Å². The highest BCUT2D eigenvalue weighted by atomic mass is 32.2. The SMILES string of the molecule is C=C(C)C(=O)OCCNc1ccc(S(=O)(=O)O)c(C(C)O)c1. The third-order valence-corrected chi connectivity index (χ3v) is 3.68. The van der Waals surface area contributed by atoms with E-state index in [1.807, 2.05) is 0 Å². The highest BCUT2D eigenvalue weighted by Gasteiger charge is 2.18. The van der Waals surface area contributed by atoms with Crippen LogP contribution in [0.4, 0.5) is 5.69 Å². The summed E-state index contributed by atoms with van der Waals surface area (Å²) in [6.07, 6.45) is -1.07. The molecule has 1 atom stereocenters. The Morgan fingerprint density at radius 1 is 1.45 bits per heavy atom. The number of hydrogen-bond acceptors (Lipinski definition) is 6. The standard InChI is InChI=1S/C14H19NO6S/c1-9(2)14(17)21-7-6-15-11-4-5-13(22(18,19)20)12(8-11)10(3)16/h4-5,8,10,15-16H,1,6-7H2,2-3H3,(H,18,19,20). The average molecular weight is 329 g/mol. The summed E-state index contributed by atoms with van der Waals surface area (Å²) in [5.41, 5.74) is 0.898. The monoisotopic (exact) mass is 329 g/mol. The molecule has 1 aromatic rings. The zero-order valence-electron chi connectivity index (χ0n) is 12.4. The summed E-state index contributed by atoms with van der Waals surface area (Å²) >= 11 is 0. The van der Waals surface area contributed by atoms with Gasteiger partial charge in [-0.3, -0.25) is 4.55 Å². The number of carbonyl (C=O) groups is 1. The molecule has 8 heteroatoms. The Hall–Kier alpha value is -1.90. The van der Waals surface area contributed by atoms with Crippen LogP contribution in [0.2, 0.25) is 0 Å². The molecule has 1 aromatic carbocycles. The van der Waals surface area contributed by atoms with Crippen LogP contribution in [0.5, 0.6) is 0 Å². The molecule has 7 nitrogen and oxygen atoms in total. The zero-order valence-corrected chi connectivity index (χ0v) is 13.2. The first kappa shape index (κ1) is 18.1. The molecule has 0 saturated carbocycles. The van der Waals surface area contributed by atoms with E-state index in [0.29, 0.717) is 17.8 Å². The highest BCUT2D eigenvalue weighted by Crippen LogP contribution is 2.25. The van der Waals surface area contributed by atoms with Crippen LogP contribution < -0.4 is 5.32 Å². The summed E-state index contributed by atoms with van der Waals surface area (Å²) < 4.78 is 36.5. The number of aliphatic hydroxyl groups excluding tert-OH is 1. The molecule has 0 aliphatic carbocycles. The van der Waals surface area contributed by atoms with Crippen molar-refractivity contribution in [2.24, 2.45) is 0 Å². The molecular weight excluding hydrogens is 310 g/mol. The van der Waals surface area contributed by atoms with E-state index in [-0.39, 0.29) is 17.1 Å². The molecule has 1 unspecified atom stereocenters. The van der Waals surface area contributed by atoms with Gasteiger partial charge in [0, 0.05) is 23.4 Å². The van der Waals surface area contributed by atoms with Gasteiger partial charge in [-0.25, -0.2) is 4.79 Å². The number of nitrogens with one attached hydrogen (secondary N) is 1. The predicted octanol–water partition coefficient (Wildman–Crippen LogP) is 1.52. The minimum absolute atomic E-state index is 0.0754. The van der Waals surface area contributed by atoms with Crippen LogP contribution in [-0.2, 0) is 19.6 Å². The van der Waals surface area contributed by atoms with Gasteiger partial charge in [0.05, 0.1) is 11.0 Å². The van der Waals surface area contributed by atoms with Gasteiger partial charge >= 0.3 is 5.97 Å². The van der Waals surface area contributed by atoms with E-state index in [1.54, 1.807) is 6.92 Å². The molecule has 0 bridgehead atoms. The zero-order chi connectivity index (χ0) is 16.9. The number of hydrogen-bond donors (Lipinski definition) is 3. The minimum Gasteiger partial charge on any atom is -0.460 e. The molecule has 0 heterocycles. The maximum atomic E-state index is 11.2. The Morgan fingerprint density at radius 2 is 2.09 bits per heavy atom.